The summed E-state index contributed by atoms with van der Waals surface area (Å²) in [5.74, 6) is 1.63. The lowest BCUT2D eigenvalue weighted by Crippen LogP contribution is -2.29. The van der Waals surface area contributed by atoms with E-state index in [1.807, 2.05) is 12.1 Å². The van der Waals surface area contributed by atoms with Gasteiger partial charge in [-0.3, -0.25) is 0 Å². The van der Waals surface area contributed by atoms with Crippen LogP contribution in [0.2, 0.25) is 10.0 Å². The molecule has 4 aromatic carbocycles. The Balaban J connectivity index is 1.23. The molecule has 0 aromatic heterocycles. The summed E-state index contributed by atoms with van der Waals surface area (Å²) < 4.78 is 6.15. The van der Waals surface area contributed by atoms with Crippen molar-refractivity contribution in [2.24, 2.45) is 5.92 Å². The van der Waals surface area contributed by atoms with Crippen LogP contribution in [0.15, 0.2) is 91.0 Å². The van der Waals surface area contributed by atoms with E-state index in [1.54, 1.807) is 0 Å². The SMILES string of the molecule is Clc1cc(Cl)c2c(c1)[C@@H]1C=CC[C@@H]1[C@H](c1ccc(OCc3cccc4ccccc34)cc1)N2. The Morgan fingerprint density at radius 3 is 2.61 bits per heavy atom. The van der Waals surface area contributed by atoms with Gasteiger partial charge in [0.25, 0.3) is 0 Å². The molecule has 0 unspecified atom stereocenters. The summed E-state index contributed by atoms with van der Waals surface area (Å²) in [4.78, 5) is 0. The maximum atomic E-state index is 6.57. The molecule has 1 aliphatic heterocycles. The van der Waals surface area contributed by atoms with Crippen LogP contribution in [0.25, 0.3) is 10.8 Å². The zero-order valence-corrected chi connectivity index (χ0v) is 19.5. The summed E-state index contributed by atoms with van der Waals surface area (Å²) in [6.45, 7) is 0.542. The van der Waals surface area contributed by atoms with Gasteiger partial charge in [0.2, 0.25) is 0 Å². The van der Waals surface area contributed by atoms with Gasteiger partial charge in [-0.05, 0) is 64.1 Å². The van der Waals surface area contributed by atoms with Crippen LogP contribution in [0.4, 0.5) is 5.69 Å². The molecule has 1 aliphatic carbocycles. The molecule has 2 aliphatic rings. The second kappa shape index (κ2) is 8.44. The number of ether oxygens (including phenoxy) is 1. The van der Waals surface area contributed by atoms with Crippen molar-refractivity contribution in [3.05, 3.63) is 118 Å². The summed E-state index contributed by atoms with van der Waals surface area (Å²) in [7, 11) is 0. The molecule has 6 rings (SSSR count). The van der Waals surface area contributed by atoms with Gasteiger partial charge >= 0.3 is 0 Å². The molecule has 164 valence electrons. The maximum absolute atomic E-state index is 6.57. The maximum Gasteiger partial charge on any atom is 0.119 e. The predicted molar refractivity (Wildman–Crippen MR) is 138 cm³/mol. The lowest BCUT2D eigenvalue weighted by atomic mass is 9.77. The van der Waals surface area contributed by atoms with E-state index >= 15 is 0 Å². The highest BCUT2D eigenvalue weighted by molar-refractivity contribution is 6.36. The fourth-order valence-electron chi connectivity index (χ4n) is 5.30. The molecule has 3 atom stereocenters. The second-order valence-electron chi connectivity index (χ2n) is 8.82. The van der Waals surface area contributed by atoms with Crippen LogP contribution in [0.1, 0.15) is 35.1 Å². The molecule has 4 aromatic rings. The van der Waals surface area contributed by atoms with E-state index in [0.29, 0.717) is 28.5 Å². The first-order chi connectivity index (χ1) is 16.2. The van der Waals surface area contributed by atoms with Crippen LogP contribution in [0, 0.1) is 5.92 Å². The lowest BCUT2D eigenvalue weighted by molar-refractivity contribution is 0.307. The minimum atomic E-state index is 0.184. The van der Waals surface area contributed by atoms with Gasteiger partial charge in [0.05, 0.1) is 16.8 Å². The van der Waals surface area contributed by atoms with Gasteiger partial charge in [0.1, 0.15) is 12.4 Å². The van der Waals surface area contributed by atoms with Gasteiger partial charge in [0, 0.05) is 10.9 Å². The van der Waals surface area contributed by atoms with Gasteiger partial charge in [-0.25, -0.2) is 0 Å². The van der Waals surface area contributed by atoms with E-state index in [4.69, 9.17) is 27.9 Å². The smallest absolute Gasteiger partial charge is 0.119 e. The number of hydrogen-bond acceptors (Lipinski definition) is 2. The molecule has 0 saturated carbocycles. The highest BCUT2D eigenvalue weighted by Gasteiger charge is 2.38. The number of nitrogens with one attached hydrogen (secondary N) is 1. The van der Waals surface area contributed by atoms with Crippen LogP contribution in [0.3, 0.4) is 0 Å². The van der Waals surface area contributed by atoms with Gasteiger partial charge in [0.15, 0.2) is 0 Å². The summed E-state index contributed by atoms with van der Waals surface area (Å²) in [6, 6.07) is 27.3. The van der Waals surface area contributed by atoms with Crippen molar-refractivity contribution in [2.45, 2.75) is 25.0 Å². The first-order valence-electron chi connectivity index (χ1n) is 11.3. The van der Waals surface area contributed by atoms with E-state index < -0.39 is 0 Å². The van der Waals surface area contributed by atoms with Gasteiger partial charge in [-0.2, -0.15) is 0 Å². The number of benzene rings is 4. The number of fused-ring (bicyclic) bond motifs is 4. The Labute approximate surface area is 203 Å². The van der Waals surface area contributed by atoms with Crippen molar-refractivity contribution < 1.29 is 4.74 Å². The zero-order valence-electron chi connectivity index (χ0n) is 18.0. The average molecular weight is 472 g/mol. The van der Waals surface area contributed by atoms with Crippen LogP contribution < -0.4 is 10.1 Å². The summed E-state index contributed by atoms with van der Waals surface area (Å²) in [5, 5.41) is 7.54. The fraction of sp³-hybridized carbons (Fsp3) is 0.172. The molecule has 1 heterocycles. The fourth-order valence-corrected chi connectivity index (χ4v) is 5.87. The Bertz CT molecular complexity index is 1360. The zero-order chi connectivity index (χ0) is 22.4. The third kappa shape index (κ3) is 3.78. The van der Waals surface area contributed by atoms with Crippen LogP contribution >= 0.6 is 23.2 Å². The topological polar surface area (TPSA) is 21.3 Å². The number of halogens is 2. The highest BCUT2D eigenvalue weighted by Crippen LogP contribution is 2.52. The minimum Gasteiger partial charge on any atom is -0.489 e. The first-order valence-corrected chi connectivity index (χ1v) is 12.0. The largest absolute Gasteiger partial charge is 0.489 e. The lowest BCUT2D eigenvalue weighted by Gasteiger charge is -2.38. The quantitative estimate of drug-likeness (QED) is 0.301. The molecule has 2 nitrogen and oxygen atoms in total. The van der Waals surface area contributed by atoms with E-state index in [2.05, 4.69) is 84.2 Å². The molecule has 0 radical (unpaired) electrons. The number of allylic oxidation sites excluding steroid dienone is 2. The van der Waals surface area contributed by atoms with Gasteiger partial charge in [-0.15, -0.1) is 0 Å². The van der Waals surface area contributed by atoms with Crippen LogP contribution in [-0.2, 0) is 6.61 Å². The van der Waals surface area contributed by atoms with Crippen molar-refractivity contribution >= 4 is 39.7 Å². The molecule has 0 amide bonds. The summed E-state index contributed by atoms with van der Waals surface area (Å²) >= 11 is 12.9. The number of rotatable bonds is 4. The predicted octanol–water partition coefficient (Wildman–Crippen LogP) is 8.55. The van der Waals surface area contributed by atoms with E-state index in [0.717, 1.165) is 17.9 Å². The van der Waals surface area contributed by atoms with Crippen LogP contribution in [-0.4, -0.2) is 0 Å². The van der Waals surface area contributed by atoms with Crippen molar-refractivity contribution in [2.75, 3.05) is 5.32 Å². The van der Waals surface area contributed by atoms with E-state index in [-0.39, 0.29) is 6.04 Å². The second-order valence-corrected chi connectivity index (χ2v) is 9.67. The van der Waals surface area contributed by atoms with E-state index in [1.165, 1.54) is 27.5 Å². The molecular formula is C29H23Cl2NO. The molecule has 0 saturated heterocycles. The molecule has 33 heavy (non-hydrogen) atoms. The van der Waals surface area contributed by atoms with Crippen molar-refractivity contribution in [3.8, 4) is 5.75 Å². The van der Waals surface area contributed by atoms with Crippen molar-refractivity contribution in [3.63, 3.8) is 0 Å². The van der Waals surface area contributed by atoms with Crippen molar-refractivity contribution in [1.29, 1.82) is 0 Å². The molecule has 1 N–H and O–H groups in total. The number of hydrogen-bond donors (Lipinski definition) is 1. The Hall–Kier alpha value is -2.94. The Morgan fingerprint density at radius 2 is 1.73 bits per heavy atom. The van der Waals surface area contributed by atoms with Gasteiger partial charge in [-0.1, -0.05) is 90.0 Å². The Kier molecular flexibility index (Phi) is 5.28. The molecule has 0 fully saturated rings. The summed E-state index contributed by atoms with van der Waals surface area (Å²) in [6.07, 6.45) is 5.60. The number of anilines is 1. The third-order valence-corrected chi connectivity index (χ3v) is 7.42. The van der Waals surface area contributed by atoms with Gasteiger partial charge < -0.3 is 10.1 Å². The first kappa shape index (κ1) is 20.7. The summed E-state index contributed by atoms with van der Waals surface area (Å²) in [5.41, 5.74) is 4.62. The minimum absolute atomic E-state index is 0.184. The average Bonchev–Trinajstić information content (AvgIpc) is 3.33. The third-order valence-electron chi connectivity index (χ3n) is 6.90. The molecule has 4 heteroatoms. The monoisotopic (exact) mass is 471 g/mol. The highest BCUT2D eigenvalue weighted by atomic mass is 35.5. The molecular weight excluding hydrogens is 449 g/mol. The van der Waals surface area contributed by atoms with E-state index in [9.17, 15) is 0 Å². The molecule has 0 spiro atoms. The Morgan fingerprint density at radius 1 is 0.909 bits per heavy atom. The normalized spacial score (nSPS) is 20.8. The molecule has 0 bridgehead atoms. The van der Waals surface area contributed by atoms with Crippen LogP contribution in [0.5, 0.6) is 5.75 Å². The standard InChI is InChI=1S/C29H23Cl2NO/c30-21-15-26-24-9-4-10-25(24)28(32-29(26)27(31)16-21)19-11-13-22(14-12-19)33-17-20-7-3-6-18-5-1-2-8-23(18)20/h1-9,11-16,24-25,28,32H,10,17H2/t24-,25+,28+/m1/s1. The van der Waals surface area contributed by atoms with Crippen molar-refractivity contribution in [1.82, 2.24) is 0 Å².